The normalized spacial score (nSPS) is 19.0. The smallest absolute Gasteiger partial charge is 0.0725 e. The van der Waals surface area contributed by atoms with Gasteiger partial charge < -0.3 is 4.90 Å². The molecule has 5 aliphatic rings. The highest BCUT2D eigenvalue weighted by molar-refractivity contribution is 5.96. The minimum absolute atomic E-state index is 0.103. The van der Waals surface area contributed by atoms with Crippen molar-refractivity contribution in [2.45, 2.75) is 37.0 Å². The van der Waals surface area contributed by atoms with Crippen molar-refractivity contribution in [3.05, 3.63) is 250 Å². The first kappa shape index (κ1) is 31.9. The van der Waals surface area contributed by atoms with E-state index in [1.54, 1.807) is 0 Å². The Labute approximate surface area is 329 Å². The molecule has 12 rings (SSSR count). The van der Waals surface area contributed by atoms with Gasteiger partial charge in [0.1, 0.15) is 0 Å². The summed E-state index contributed by atoms with van der Waals surface area (Å²) in [6.45, 7) is 4.83. The molecular weight excluding hydrogens is 675 g/mol. The lowest BCUT2D eigenvalue weighted by Crippen LogP contribution is -2.31. The van der Waals surface area contributed by atoms with Crippen LogP contribution in [0.1, 0.15) is 70.7 Å². The van der Waals surface area contributed by atoms with Gasteiger partial charge in [-0.1, -0.05) is 189 Å². The lowest BCUT2D eigenvalue weighted by Gasteiger charge is -2.36. The van der Waals surface area contributed by atoms with E-state index < -0.39 is 0 Å². The van der Waals surface area contributed by atoms with Crippen molar-refractivity contribution >= 4 is 11.3 Å². The summed E-state index contributed by atoms with van der Waals surface area (Å²) in [6.07, 6.45) is 5.89. The van der Waals surface area contributed by atoms with Gasteiger partial charge in [0, 0.05) is 34.3 Å². The van der Waals surface area contributed by atoms with Crippen LogP contribution in [0.5, 0.6) is 0 Å². The second-order valence-electron chi connectivity index (χ2n) is 16.7. The summed E-state index contributed by atoms with van der Waals surface area (Å²) in [5.74, 6) is 0.365. The minimum atomic E-state index is -0.370. The van der Waals surface area contributed by atoms with Crippen LogP contribution in [0, 0.1) is 5.92 Å². The topological polar surface area (TPSA) is 3.24 Å². The molecule has 1 heterocycles. The van der Waals surface area contributed by atoms with Crippen molar-refractivity contribution in [3.63, 3.8) is 0 Å². The molecule has 56 heavy (non-hydrogen) atoms. The lowest BCUT2D eigenvalue weighted by atomic mass is 9.69. The third-order valence-electron chi connectivity index (χ3n) is 13.7. The summed E-state index contributed by atoms with van der Waals surface area (Å²) < 4.78 is 0. The van der Waals surface area contributed by atoms with Crippen molar-refractivity contribution in [3.8, 4) is 22.3 Å². The molecule has 0 radical (unpaired) electrons. The summed E-state index contributed by atoms with van der Waals surface area (Å²) in [5, 5.41) is 0. The van der Waals surface area contributed by atoms with Gasteiger partial charge in [-0.15, -0.1) is 0 Å². The summed E-state index contributed by atoms with van der Waals surface area (Å²) in [4.78, 5) is 2.59. The molecule has 0 N–H and O–H groups in total. The molecule has 1 aliphatic heterocycles. The molecule has 1 spiro atoms. The highest BCUT2D eigenvalue weighted by atomic mass is 15.2. The van der Waals surface area contributed by atoms with Crippen LogP contribution in [0.25, 0.3) is 27.8 Å². The number of hydrogen-bond donors (Lipinski definition) is 0. The van der Waals surface area contributed by atoms with Gasteiger partial charge in [0.05, 0.1) is 5.41 Å². The van der Waals surface area contributed by atoms with E-state index in [0.717, 1.165) is 6.42 Å². The first-order chi connectivity index (χ1) is 27.6. The third kappa shape index (κ3) is 4.05. The number of nitrogens with zero attached hydrogens (tertiary/aromatic N) is 1. The van der Waals surface area contributed by atoms with Crippen LogP contribution in [0.15, 0.2) is 205 Å². The van der Waals surface area contributed by atoms with E-state index in [9.17, 15) is 0 Å². The second-order valence-corrected chi connectivity index (χ2v) is 16.7. The molecule has 1 heteroatoms. The number of rotatable bonds is 4. The Morgan fingerprint density at radius 2 is 1.00 bits per heavy atom. The van der Waals surface area contributed by atoms with Crippen molar-refractivity contribution in [2.24, 2.45) is 5.92 Å². The molecule has 0 bridgehead atoms. The van der Waals surface area contributed by atoms with Crippen molar-refractivity contribution < 1.29 is 0 Å². The van der Waals surface area contributed by atoms with Crippen molar-refractivity contribution in [2.75, 3.05) is 4.90 Å². The number of benzene rings is 7. The van der Waals surface area contributed by atoms with E-state index in [1.165, 1.54) is 95.0 Å². The zero-order chi connectivity index (χ0) is 37.2. The standard InChI is InChI=1S/C55H41N/c1-54(2)45-25-13-12-24-43(45)52-44-33-36(30-32-50(44)56(53(52)54)38-19-7-4-8-20-38)51(35-17-5-3-6-18-35)37-29-31-42-41-23-11-16-28-48(41)55(49(42)34-37)46-26-14-9-21-39(46)40-22-10-15-27-47(40)55/h3-32,34,44,51H,33H2,1-2H3. The quantitative estimate of drug-likeness (QED) is 0.175. The van der Waals surface area contributed by atoms with Crippen LogP contribution in [-0.4, -0.2) is 0 Å². The molecule has 0 amide bonds. The molecule has 7 aromatic carbocycles. The highest BCUT2D eigenvalue weighted by Gasteiger charge is 2.53. The molecule has 0 aromatic heterocycles. The Kier molecular flexibility index (Phi) is 6.57. The number of para-hydroxylation sites is 1. The first-order valence-electron chi connectivity index (χ1n) is 20.2. The Morgan fingerprint density at radius 1 is 0.482 bits per heavy atom. The molecule has 0 saturated carbocycles. The van der Waals surface area contributed by atoms with Crippen molar-refractivity contribution in [1.29, 1.82) is 0 Å². The van der Waals surface area contributed by atoms with Crippen molar-refractivity contribution in [1.82, 2.24) is 0 Å². The lowest BCUT2D eigenvalue weighted by molar-refractivity contribution is 0.619. The fourth-order valence-corrected chi connectivity index (χ4v) is 11.6. The molecule has 7 aromatic rings. The predicted octanol–water partition coefficient (Wildman–Crippen LogP) is 13.2. The Morgan fingerprint density at radius 3 is 1.62 bits per heavy atom. The van der Waals surface area contributed by atoms with E-state index >= 15 is 0 Å². The fourth-order valence-electron chi connectivity index (χ4n) is 11.6. The summed E-state index contributed by atoms with van der Waals surface area (Å²) in [6, 6.07) is 66.3. The number of fused-ring (bicyclic) bond motifs is 14. The SMILES string of the molecule is CC1(C)C2=C(c3ccccc31)C1CC(C(c3ccccc3)c3ccc4c(c3)C3(c5ccccc5-c5ccccc53)c3ccccc3-4)=CC=C1N2c1ccccc1. The van der Waals surface area contributed by atoms with Gasteiger partial charge >= 0.3 is 0 Å². The van der Waals surface area contributed by atoms with Gasteiger partial charge in [-0.2, -0.15) is 0 Å². The predicted molar refractivity (Wildman–Crippen MR) is 231 cm³/mol. The highest BCUT2D eigenvalue weighted by Crippen LogP contribution is 2.64. The molecule has 2 unspecified atom stereocenters. The summed E-state index contributed by atoms with van der Waals surface area (Å²) in [7, 11) is 0. The zero-order valence-corrected chi connectivity index (χ0v) is 31.7. The summed E-state index contributed by atoms with van der Waals surface area (Å²) >= 11 is 0. The summed E-state index contributed by atoms with van der Waals surface area (Å²) in [5.41, 5.74) is 23.0. The van der Waals surface area contributed by atoms with Crippen LogP contribution in [0.2, 0.25) is 0 Å². The van der Waals surface area contributed by atoms with E-state index in [4.69, 9.17) is 0 Å². The molecule has 266 valence electrons. The average Bonchev–Trinajstić information content (AvgIpc) is 3.93. The second kappa shape index (κ2) is 11.5. The Bertz CT molecular complexity index is 2800. The van der Waals surface area contributed by atoms with Gasteiger partial charge in [-0.25, -0.2) is 0 Å². The zero-order valence-electron chi connectivity index (χ0n) is 31.7. The Hall–Kier alpha value is -6.44. The number of hydrogen-bond acceptors (Lipinski definition) is 1. The number of allylic oxidation sites excluding steroid dienone is 5. The van der Waals surface area contributed by atoms with Gasteiger partial charge in [0.2, 0.25) is 0 Å². The van der Waals surface area contributed by atoms with Gasteiger partial charge in [0.25, 0.3) is 0 Å². The largest absolute Gasteiger partial charge is 0.316 e. The minimum Gasteiger partial charge on any atom is -0.316 e. The van der Waals surface area contributed by atoms with E-state index in [2.05, 4.69) is 207 Å². The van der Waals surface area contributed by atoms with Crippen LogP contribution in [0.3, 0.4) is 0 Å². The molecule has 0 fully saturated rings. The van der Waals surface area contributed by atoms with Crippen LogP contribution >= 0.6 is 0 Å². The maximum atomic E-state index is 2.59. The maximum Gasteiger partial charge on any atom is 0.0725 e. The van der Waals surface area contributed by atoms with Crippen LogP contribution < -0.4 is 4.90 Å². The molecule has 1 nitrogen and oxygen atoms in total. The monoisotopic (exact) mass is 715 g/mol. The molecular formula is C55H41N. The molecule has 2 atom stereocenters. The van der Waals surface area contributed by atoms with E-state index in [1.807, 2.05) is 0 Å². The van der Waals surface area contributed by atoms with Crippen LogP contribution in [0.4, 0.5) is 5.69 Å². The molecule has 4 aliphatic carbocycles. The van der Waals surface area contributed by atoms with Gasteiger partial charge in [-0.3, -0.25) is 0 Å². The number of anilines is 1. The molecule has 0 saturated heterocycles. The van der Waals surface area contributed by atoms with E-state index in [0.29, 0.717) is 0 Å². The van der Waals surface area contributed by atoms with E-state index in [-0.39, 0.29) is 22.7 Å². The average molecular weight is 716 g/mol. The van der Waals surface area contributed by atoms with Gasteiger partial charge in [0.15, 0.2) is 0 Å². The fraction of sp³-hybridized carbons (Fsp3) is 0.127. The Balaban J connectivity index is 1.07. The van der Waals surface area contributed by atoms with Gasteiger partial charge in [-0.05, 0) is 97.0 Å². The van der Waals surface area contributed by atoms with Crippen LogP contribution in [-0.2, 0) is 10.8 Å². The maximum absolute atomic E-state index is 2.59. The first-order valence-corrected chi connectivity index (χ1v) is 20.2. The third-order valence-corrected chi connectivity index (χ3v) is 13.7.